The molecule has 0 aliphatic rings. The summed E-state index contributed by atoms with van der Waals surface area (Å²) >= 11 is 0. The highest BCUT2D eigenvalue weighted by Gasteiger charge is 2.31. The van der Waals surface area contributed by atoms with E-state index in [0.717, 1.165) is 0 Å². The normalized spacial score (nSPS) is 14.6. The Morgan fingerprint density at radius 1 is 0.795 bits per heavy atom. The SMILES string of the molecule is CCC(C)C(N)C(=O)NC(Cc1ccc(O)cc1)C(=O)NC(CCC(N)=O)C(=O)NC(CCC(N)=O)C(=O)O. The van der Waals surface area contributed by atoms with E-state index in [2.05, 4.69) is 16.0 Å². The number of carboxylic acid groups (broad SMARTS) is 1. The monoisotopic (exact) mass is 550 g/mol. The van der Waals surface area contributed by atoms with Crippen LogP contribution in [0.15, 0.2) is 24.3 Å². The van der Waals surface area contributed by atoms with E-state index in [9.17, 15) is 39.0 Å². The van der Waals surface area contributed by atoms with Gasteiger partial charge in [-0.15, -0.1) is 0 Å². The largest absolute Gasteiger partial charge is 0.508 e. The Kier molecular flexibility index (Phi) is 13.4. The molecule has 39 heavy (non-hydrogen) atoms. The van der Waals surface area contributed by atoms with Crippen molar-refractivity contribution in [3.63, 3.8) is 0 Å². The number of nitrogens with one attached hydrogen (secondary N) is 3. The van der Waals surface area contributed by atoms with Crippen molar-refractivity contribution in [3.8, 4) is 5.75 Å². The summed E-state index contributed by atoms with van der Waals surface area (Å²) in [7, 11) is 0. The molecular formula is C25H38N6O8. The molecule has 0 bridgehead atoms. The summed E-state index contributed by atoms with van der Waals surface area (Å²) in [4.78, 5) is 73.0. The van der Waals surface area contributed by atoms with Crippen molar-refractivity contribution in [2.45, 2.75) is 76.5 Å². The van der Waals surface area contributed by atoms with Crippen LogP contribution < -0.4 is 33.2 Å². The van der Waals surface area contributed by atoms with Crippen LogP contribution in [-0.4, -0.2) is 69.9 Å². The fourth-order valence-corrected chi connectivity index (χ4v) is 3.50. The van der Waals surface area contributed by atoms with E-state index in [1.807, 2.05) is 6.92 Å². The second-order valence-corrected chi connectivity index (χ2v) is 9.31. The van der Waals surface area contributed by atoms with Gasteiger partial charge < -0.3 is 43.4 Å². The number of nitrogens with two attached hydrogens (primary N) is 3. The fourth-order valence-electron chi connectivity index (χ4n) is 3.50. The van der Waals surface area contributed by atoms with Gasteiger partial charge in [0.2, 0.25) is 29.5 Å². The quantitative estimate of drug-likeness (QED) is 0.111. The van der Waals surface area contributed by atoms with Gasteiger partial charge >= 0.3 is 5.97 Å². The number of hydrogen-bond donors (Lipinski definition) is 8. The third-order valence-electron chi connectivity index (χ3n) is 6.18. The van der Waals surface area contributed by atoms with Crippen LogP contribution in [0, 0.1) is 5.92 Å². The zero-order chi connectivity index (χ0) is 29.7. The minimum atomic E-state index is -1.49. The Morgan fingerprint density at radius 3 is 1.74 bits per heavy atom. The van der Waals surface area contributed by atoms with Crippen LogP contribution in [0.4, 0.5) is 0 Å². The van der Waals surface area contributed by atoms with Gasteiger partial charge in [0.05, 0.1) is 6.04 Å². The summed E-state index contributed by atoms with van der Waals surface area (Å²) in [6.07, 6.45) is -0.607. The zero-order valence-corrected chi connectivity index (χ0v) is 22.0. The number of benzene rings is 1. The van der Waals surface area contributed by atoms with Crippen LogP contribution in [0.2, 0.25) is 0 Å². The number of phenolic OH excluding ortho intramolecular Hbond substituents is 1. The lowest BCUT2D eigenvalue weighted by Gasteiger charge is -2.26. The van der Waals surface area contributed by atoms with Crippen LogP contribution in [0.5, 0.6) is 5.75 Å². The molecule has 14 nitrogen and oxygen atoms in total. The van der Waals surface area contributed by atoms with Gasteiger partial charge in [0.1, 0.15) is 23.9 Å². The molecule has 5 amide bonds. The highest BCUT2D eigenvalue weighted by Crippen LogP contribution is 2.13. The van der Waals surface area contributed by atoms with Crippen molar-refractivity contribution in [1.82, 2.24) is 16.0 Å². The Balaban J connectivity index is 3.18. The van der Waals surface area contributed by atoms with Gasteiger partial charge in [0.25, 0.3) is 0 Å². The van der Waals surface area contributed by atoms with E-state index in [1.165, 1.54) is 12.1 Å². The van der Waals surface area contributed by atoms with E-state index in [0.29, 0.717) is 12.0 Å². The summed E-state index contributed by atoms with van der Waals surface area (Å²) in [5.74, 6) is -5.50. The zero-order valence-electron chi connectivity index (χ0n) is 22.0. The molecule has 0 fully saturated rings. The third-order valence-corrected chi connectivity index (χ3v) is 6.18. The van der Waals surface area contributed by atoms with Crippen molar-refractivity contribution in [1.29, 1.82) is 0 Å². The lowest BCUT2D eigenvalue weighted by molar-refractivity contribution is -0.142. The maximum absolute atomic E-state index is 13.3. The van der Waals surface area contributed by atoms with E-state index in [1.54, 1.807) is 19.1 Å². The molecule has 0 radical (unpaired) electrons. The van der Waals surface area contributed by atoms with Crippen molar-refractivity contribution in [3.05, 3.63) is 29.8 Å². The number of amides is 5. The lowest BCUT2D eigenvalue weighted by atomic mass is 9.98. The van der Waals surface area contributed by atoms with Crippen molar-refractivity contribution < 1.29 is 39.0 Å². The molecular weight excluding hydrogens is 512 g/mol. The number of aliphatic carboxylic acids is 1. The van der Waals surface area contributed by atoms with Crippen LogP contribution in [0.25, 0.3) is 0 Å². The minimum absolute atomic E-state index is 0.00455. The molecule has 0 aliphatic carbocycles. The molecule has 0 saturated heterocycles. The predicted octanol–water partition coefficient (Wildman–Crippen LogP) is -1.62. The van der Waals surface area contributed by atoms with Gasteiger partial charge in [-0.05, 0) is 36.5 Å². The first kappa shape index (κ1) is 32.8. The first-order valence-corrected chi connectivity index (χ1v) is 12.5. The molecule has 0 heterocycles. The highest BCUT2D eigenvalue weighted by molar-refractivity contribution is 5.94. The Morgan fingerprint density at radius 2 is 1.26 bits per heavy atom. The maximum Gasteiger partial charge on any atom is 0.326 e. The molecule has 14 heteroatoms. The standard InChI is InChI=1S/C25H38N6O8/c1-3-13(2)21(28)24(37)31-18(12-14-4-6-15(32)7-5-14)23(36)29-16(8-10-19(26)33)22(35)30-17(25(38)39)9-11-20(27)34/h4-7,13,16-18,21,32H,3,8-12,28H2,1-2H3,(H2,26,33)(H2,27,34)(H,29,36)(H,30,35)(H,31,37)(H,38,39). The molecule has 1 aromatic carbocycles. The summed E-state index contributed by atoms with van der Waals surface area (Å²) in [5.41, 5.74) is 16.8. The number of primary amides is 2. The number of carbonyl (C=O) groups excluding carboxylic acids is 5. The number of carboxylic acids is 1. The van der Waals surface area contributed by atoms with Crippen molar-refractivity contribution >= 4 is 35.5 Å². The number of phenols is 1. The maximum atomic E-state index is 13.3. The average Bonchev–Trinajstić information content (AvgIpc) is 2.87. The molecule has 11 N–H and O–H groups in total. The molecule has 5 unspecified atom stereocenters. The summed E-state index contributed by atoms with van der Waals surface area (Å²) in [5, 5.41) is 26.2. The fraction of sp³-hybridized carbons (Fsp3) is 0.520. The first-order valence-electron chi connectivity index (χ1n) is 12.5. The van der Waals surface area contributed by atoms with E-state index in [-0.39, 0.29) is 43.8 Å². The smallest absolute Gasteiger partial charge is 0.326 e. The number of hydrogen-bond acceptors (Lipinski definition) is 8. The van der Waals surface area contributed by atoms with Crippen LogP contribution in [-0.2, 0) is 35.2 Å². The summed E-state index contributed by atoms with van der Waals surface area (Å²) in [6, 6.07) is 0.873. The minimum Gasteiger partial charge on any atom is -0.508 e. The molecule has 1 aromatic rings. The highest BCUT2D eigenvalue weighted by atomic mass is 16.4. The van der Waals surface area contributed by atoms with E-state index < -0.39 is 59.7 Å². The van der Waals surface area contributed by atoms with Gasteiger partial charge in [0.15, 0.2) is 0 Å². The van der Waals surface area contributed by atoms with Crippen LogP contribution >= 0.6 is 0 Å². The van der Waals surface area contributed by atoms with Gasteiger partial charge in [-0.25, -0.2) is 4.79 Å². The molecule has 216 valence electrons. The Bertz CT molecular complexity index is 1030. The number of aromatic hydroxyl groups is 1. The Hall–Kier alpha value is -4.20. The lowest BCUT2D eigenvalue weighted by Crippen LogP contribution is -2.58. The third kappa shape index (κ3) is 11.8. The molecule has 5 atom stereocenters. The second kappa shape index (κ2) is 15.9. The van der Waals surface area contributed by atoms with Crippen molar-refractivity contribution in [2.75, 3.05) is 0 Å². The van der Waals surface area contributed by atoms with Crippen molar-refractivity contribution in [2.24, 2.45) is 23.1 Å². The molecule has 0 aliphatic heterocycles. The molecule has 1 rings (SSSR count). The van der Waals surface area contributed by atoms with Gasteiger partial charge in [0, 0.05) is 19.3 Å². The van der Waals surface area contributed by atoms with Gasteiger partial charge in [-0.1, -0.05) is 32.4 Å². The van der Waals surface area contributed by atoms with Crippen LogP contribution in [0.1, 0.15) is 51.5 Å². The second-order valence-electron chi connectivity index (χ2n) is 9.31. The predicted molar refractivity (Wildman–Crippen MR) is 140 cm³/mol. The average molecular weight is 551 g/mol. The summed E-state index contributed by atoms with van der Waals surface area (Å²) in [6.45, 7) is 3.63. The van der Waals surface area contributed by atoms with E-state index in [4.69, 9.17) is 17.2 Å². The molecule has 0 spiro atoms. The Labute approximate surface area is 226 Å². The number of carbonyl (C=O) groups is 6. The van der Waals surface area contributed by atoms with Gasteiger partial charge in [-0.3, -0.25) is 24.0 Å². The molecule has 0 aromatic heterocycles. The number of rotatable bonds is 17. The van der Waals surface area contributed by atoms with Crippen LogP contribution in [0.3, 0.4) is 0 Å². The summed E-state index contributed by atoms with van der Waals surface area (Å²) < 4.78 is 0. The first-order chi connectivity index (χ1) is 18.2. The van der Waals surface area contributed by atoms with E-state index >= 15 is 0 Å². The molecule has 0 saturated carbocycles. The van der Waals surface area contributed by atoms with Gasteiger partial charge in [-0.2, -0.15) is 0 Å². The topological polar surface area (TPSA) is 257 Å².